The maximum absolute atomic E-state index is 10.2. The van der Waals surface area contributed by atoms with E-state index in [1.807, 2.05) is 0 Å². The number of nitrogens with one attached hydrogen (secondary N) is 2. The van der Waals surface area contributed by atoms with Crippen LogP contribution in [-0.4, -0.2) is 81.3 Å². The van der Waals surface area contributed by atoms with E-state index in [2.05, 4.69) is 5.32 Å². The fraction of sp³-hybridized carbons (Fsp3) is 0.600. The molecule has 0 saturated carbocycles. The minimum atomic E-state index is -1.08. The SMILES string of the molecule is N=C(N)NCCC[C@H](N)C(=O)O.O=C(O)CCC(=O)O.[NaH]. The number of nitrogens with two attached hydrogens (primary N) is 2. The zero-order chi connectivity index (χ0) is 16.1. The topological polar surface area (TPSA) is 200 Å². The molecule has 0 aromatic carbocycles. The fourth-order valence-electron chi connectivity index (χ4n) is 0.882. The fourth-order valence-corrected chi connectivity index (χ4v) is 0.882. The van der Waals surface area contributed by atoms with Gasteiger partial charge in [-0.3, -0.25) is 19.8 Å². The Morgan fingerprint density at radius 2 is 1.52 bits per heavy atom. The first kappa shape index (κ1) is 24.6. The van der Waals surface area contributed by atoms with Crippen LogP contribution in [0.5, 0.6) is 0 Å². The van der Waals surface area contributed by atoms with Gasteiger partial charge < -0.3 is 32.1 Å². The molecule has 0 heterocycles. The number of aliphatic carboxylic acids is 3. The standard InChI is InChI=1S/C6H14N4O2.C4H6O4.Na.H/c7-4(5(11)12)2-1-3-10-6(8)9;5-3(6)1-2-4(7)8;;/h4H,1-3,7H2,(H,11,12)(H4,8,9,10);1-2H2,(H,5,6)(H,7,8);;/t4-;;;/m0.../s1. The molecular formula is C10H21N4NaO6. The molecular weight excluding hydrogens is 295 g/mol. The molecule has 11 heteroatoms. The van der Waals surface area contributed by atoms with Gasteiger partial charge in [-0.25, -0.2) is 0 Å². The molecule has 0 aliphatic rings. The number of carboxylic acid groups (broad SMARTS) is 3. The number of carboxylic acids is 3. The summed E-state index contributed by atoms with van der Waals surface area (Å²) in [6.45, 7) is 0.482. The van der Waals surface area contributed by atoms with Crippen LogP contribution < -0.4 is 16.8 Å². The third-order valence-corrected chi connectivity index (χ3v) is 1.88. The van der Waals surface area contributed by atoms with Crippen LogP contribution in [0.4, 0.5) is 0 Å². The van der Waals surface area contributed by atoms with Gasteiger partial charge in [0.05, 0.1) is 12.8 Å². The quantitative estimate of drug-likeness (QED) is 0.114. The van der Waals surface area contributed by atoms with Crippen molar-refractivity contribution < 1.29 is 29.7 Å². The summed E-state index contributed by atoms with van der Waals surface area (Å²) < 4.78 is 0. The van der Waals surface area contributed by atoms with Crippen molar-refractivity contribution in [2.24, 2.45) is 11.5 Å². The van der Waals surface area contributed by atoms with Crippen molar-refractivity contribution in [3.63, 3.8) is 0 Å². The van der Waals surface area contributed by atoms with Gasteiger partial charge in [0, 0.05) is 6.54 Å². The molecule has 0 fully saturated rings. The Kier molecular flexibility index (Phi) is 17.6. The Morgan fingerprint density at radius 1 is 1.10 bits per heavy atom. The van der Waals surface area contributed by atoms with E-state index in [9.17, 15) is 14.4 Å². The number of rotatable bonds is 8. The van der Waals surface area contributed by atoms with Gasteiger partial charge in [-0.2, -0.15) is 0 Å². The second-order valence-electron chi connectivity index (χ2n) is 3.71. The van der Waals surface area contributed by atoms with Gasteiger partial charge in [0.25, 0.3) is 0 Å². The molecule has 10 nitrogen and oxygen atoms in total. The van der Waals surface area contributed by atoms with E-state index in [0.29, 0.717) is 19.4 Å². The van der Waals surface area contributed by atoms with Crippen molar-refractivity contribution in [1.29, 1.82) is 5.41 Å². The molecule has 0 aliphatic heterocycles. The van der Waals surface area contributed by atoms with E-state index in [0.717, 1.165) is 0 Å². The van der Waals surface area contributed by atoms with Gasteiger partial charge in [-0.1, -0.05) is 0 Å². The Labute approximate surface area is 143 Å². The van der Waals surface area contributed by atoms with Crippen LogP contribution in [0.2, 0.25) is 0 Å². The zero-order valence-corrected chi connectivity index (χ0v) is 10.8. The molecule has 0 rings (SSSR count). The van der Waals surface area contributed by atoms with Crippen LogP contribution in [0.3, 0.4) is 0 Å². The molecule has 9 N–H and O–H groups in total. The zero-order valence-electron chi connectivity index (χ0n) is 10.8. The average molecular weight is 316 g/mol. The van der Waals surface area contributed by atoms with E-state index >= 15 is 0 Å². The summed E-state index contributed by atoms with van der Waals surface area (Å²) in [5.74, 6) is -3.27. The molecule has 0 aliphatic carbocycles. The van der Waals surface area contributed by atoms with Gasteiger partial charge in [0.2, 0.25) is 0 Å². The van der Waals surface area contributed by atoms with E-state index in [1.54, 1.807) is 0 Å². The third-order valence-electron chi connectivity index (χ3n) is 1.88. The van der Waals surface area contributed by atoms with Crippen molar-refractivity contribution in [3.8, 4) is 0 Å². The number of hydrogen-bond donors (Lipinski definition) is 7. The third kappa shape index (κ3) is 24.1. The second kappa shape index (κ2) is 15.0. The molecule has 1 atom stereocenters. The molecule has 0 aromatic rings. The molecule has 118 valence electrons. The summed E-state index contributed by atoms with van der Waals surface area (Å²) in [5, 5.41) is 33.5. The Balaban J connectivity index is -0.000000317. The van der Waals surface area contributed by atoms with Gasteiger partial charge in [0.1, 0.15) is 6.04 Å². The van der Waals surface area contributed by atoms with Crippen molar-refractivity contribution in [1.82, 2.24) is 5.32 Å². The summed E-state index contributed by atoms with van der Waals surface area (Å²) in [4.78, 5) is 29.5. The van der Waals surface area contributed by atoms with Crippen LogP contribution in [0.15, 0.2) is 0 Å². The summed E-state index contributed by atoms with van der Waals surface area (Å²) in [5.41, 5.74) is 10.2. The Morgan fingerprint density at radius 3 is 1.81 bits per heavy atom. The van der Waals surface area contributed by atoms with Crippen molar-refractivity contribution in [2.75, 3.05) is 6.54 Å². The van der Waals surface area contributed by atoms with Crippen LogP contribution >= 0.6 is 0 Å². The number of guanidine groups is 1. The molecule has 0 radical (unpaired) electrons. The summed E-state index contributed by atoms with van der Waals surface area (Å²) in [6, 6.07) is -0.821. The van der Waals surface area contributed by atoms with Crippen molar-refractivity contribution in [3.05, 3.63) is 0 Å². The summed E-state index contributed by atoms with van der Waals surface area (Å²) in [6.07, 6.45) is 0.382. The Bertz CT molecular complexity index is 338. The first-order valence-corrected chi connectivity index (χ1v) is 5.66. The summed E-state index contributed by atoms with van der Waals surface area (Å²) in [7, 11) is 0. The molecule has 0 unspecified atom stereocenters. The monoisotopic (exact) mass is 316 g/mol. The van der Waals surface area contributed by atoms with Crippen LogP contribution in [-0.2, 0) is 14.4 Å². The number of hydrogen-bond acceptors (Lipinski definition) is 5. The van der Waals surface area contributed by atoms with Crippen molar-refractivity contribution in [2.45, 2.75) is 31.7 Å². The number of carbonyl (C=O) groups is 3. The van der Waals surface area contributed by atoms with Gasteiger partial charge in [-0.15, -0.1) is 0 Å². The molecule has 0 saturated heterocycles. The molecule has 0 bridgehead atoms. The van der Waals surface area contributed by atoms with Crippen LogP contribution in [0.1, 0.15) is 25.7 Å². The van der Waals surface area contributed by atoms with E-state index in [4.69, 9.17) is 32.2 Å². The molecule has 0 spiro atoms. The predicted molar refractivity (Wildman–Crippen MR) is 76.4 cm³/mol. The minimum absolute atomic E-state index is 0. The van der Waals surface area contributed by atoms with Crippen LogP contribution in [0.25, 0.3) is 0 Å². The average Bonchev–Trinajstić information content (AvgIpc) is 2.32. The van der Waals surface area contributed by atoms with E-state index < -0.39 is 23.9 Å². The summed E-state index contributed by atoms with van der Waals surface area (Å²) >= 11 is 0. The maximum atomic E-state index is 10.2. The first-order valence-electron chi connectivity index (χ1n) is 5.66. The molecule has 0 aromatic heterocycles. The molecule has 21 heavy (non-hydrogen) atoms. The molecule has 0 amide bonds. The van der Waals surface area contributed by atoms with Gasteiger partial charge >= 0.3 is 47.5 Å². The predicted octanol–water partition coefficient (Wildman–Crippen LogP) is -2.05. The normalized spacial score (nSPS) is 10.1. The van der Waals surface area contributed by atoms with Gasteiger partial charge in [-0.05, 0) is 12.8 Å². The van der Waals surface area contributed by atoms with Crippen molar-refractivity contribution >= 4 is 53.4 Å². The Hall–Kier alpha value is -1.36. The van der Waals surface area contributed by atoms with E-state index in [1.165, 1.54) is 0 Å². The van der Waals surface area contributed by atoms with Gasteiger partial charge in [0.15, 0.2) is 5.96 Å². The van der Waals surface area contributed by atoms with Crippen LogP contribution in [0, 0.1) is 5.41 Å². The first-order chi connectivity index (χ1) is 9.16. The second-order valence-corrected chi connectivity index (χ2v) is 3.71. The van der Waals surface area contributed by atoms with E-state index in [-0.39, 0.29) is 48.4 Å².